The number of likely N-dealkylation sites (tertiary alicyclic amines) is 1. The minimum absolute atomic E-state index is 0.0314. The molecule has 2 aliphatic carbocycles. The number of ether oxygens (including phenoxy) is 2. The van der Waals surface area contributed by atoms with E-state index in [9.17, 15) is 5.11 Å². The van der Waals surface area contributed by atoms with E-state index < -0.39 is 5.60 Å². The first-order chi connectivity index (χ1) is 11.0. The Kier molecular flexibility index (Phi) is 2.59. The average molecular weight is 315 g/mol. The second-order valence-electron chi connectivity index (χ2n) is 8.17. The zero-order chi connectivity index (χ0) is 16.0. The first kappa shape index (κ1) is 14.1. The van der Waals surface area contributed by atoms with E-state index >= 15 is 0 Å². The summed E-state index contributed by atoms with van der Waals surface area (Å²) in [6, 6.07) is 4.82. The SMILES string of the molecule is COc1ccc2c3c1O[C@@H]1[C@]34CCN(C)[C@H](C2)[C@@H]4CC[C@]1(C)O. The second kappa shape index (κ2) is 4.22. The number of methoxy groups -OCH3 is 1. The molecule has 4 aliphatic rings. The molecule has 0 amide bonds. The lowest BCUT2D eigenvalue weighted by molar-refractivity contribution is -0.148. The van der Waals surface area contributed by atoms with Gasteiger partial charge in [0.15, 0.2) is 11.5 Å². The lowest BCUT2D eigenvalue weighted by Gasteiger charge is -2.60. The number of likely N-dealkylation sites (N-methyl/N-ethyl adjacent to an activating group) is 1. The highest BCUT2D eigenvalue weighted by molar-refractivity contribution is 5.61. The van der Waals surface area contributed by atoms with E-state index in [2.05, 4.69) is 18.0 Å². The van der Waals surface area contributed by atoms with Crippen LogP contribution < -0.4 is 9.47 Å². The van der Waals surface area contributed by atoms with Crippen LogP contribution in [-0.4, -0.2) is 48.5 Å². The molecule has 0 radical (unpaired) electrons. The van der Waals surface area contributed by atoms with Crippen molar-refractivity contribution in [3.05, 3.63) is 23.3 Å². The lowest BCUT2D eigenvalue weighted by atomic mass is 9.49. The summed E-state index contributed by atoms with van der Waals surface area (Å²) in [5.74, 6) is 2.30. The number of nitrogens with zero attached hydrogens (tertiary/aromatic N) is 1. The summed E-state index contributed by atoms with van der Waals surface area (Å²) in [6.45, 7) is 3.04. The summed E-state index contributed by atoms with van der Waals surface area (Å²) in [6.07, 6.45) is 3.92. The zero-order valence-corrected chi connectivity index (χ0v) is 14.1. The van der Waals surface area contributed by atoms with Crippen LogP contribution >= 0.6 is 0 Å². The van der Waals surface area contributed by atoms with Crippen LogP contribution in [-0.2, 0) is 11.8 Å². The van der Waals surface area contributed by atoms with Crippen molar-refractivity contribution < 1.29 is 14.6 Å². The Hall–Kier alpha value is -1.26. The van der Waals surface area contributed by atoms with Crippen molar-refractivity contribution in [1.82, 2.24) is 4.90 Å². The fraction of sp³-hybridized carbons (Fsp3) is 0.684. The molecule has 2 heterocycles. The first-order valence-electron chi connectivity index (χ1n) is 8.78. The maximum atomic E-state index is 11.1. The number of benzene rings is 1. The molecule has 5 rings (SSSR count). The first-order valence-corrected chi connectivity index (χ1v) is 8.78. The van der Waals surface area contributed by atoms with Crippen molar-refractivity contribution in [3.8, 4) is 11.5 Å². The predicted octanol–water partition coefficient (Wildman–Crippen LogP) is 2.12. The molecule has 5 atom stereocenters. The third-order valence-electron chi connectivity index (χ3n) is 7.12. The topological polar surface area (TPSA) is 41.9 Å². The van der Waals surface area contributed by atoms with Gasteiger partial charge >= 0.3 is 0 Å². The van der Waals surface area contributed by atoms with Gasteiger partial charge in [-0.3, -0.25) is 0 Å². The van der Waals surface area contributed by atoms with Crippen LogP contribution in [0.1, 0.15) is 37.3 Å². The lowest BCUT2D eigenvalue weighted by Crippen LogP contribution is -2.69. The molecule has 1 saturated carbocycles. The smallest absolute Gasteiger partial charge is 0.165 e. The average Bonchev–Trinajstić information content (AvgIpc) is 2.88. The highest BCUT2D eigenvalue weighted by Gasteiger charge is 2.68. The third-order valence-corrected chi connectivity index (χ3v) is 7.12. The standard InChI is InChI=1S/C19H25NO3/c1-18(21)7-6-12-13-10-11-4-5-14(22-3)16-15(11)19(12,17(18)23-16)8-9-20(13)2/h4-5,12-13,17,21H,6-10H2,1-3H3/t12-,13+,17-,18-,19-/m0/s1. The van der Waals surface area contributed by atoms with Gasteiger partial charge < -0.3 is 19.5 Å². The summed E-state index contributed by atoms with van der Waals surface area (Å²) in [5.41, 5.74) is 1.95. The molecule has 4 nitrogen and oxygen atoms in total. The van der Waals surface area contributed by atoms with Crippen molar-refractivity contribution in [2.45, 2.75) is 55.8 Å². The van der Waals surface area contributed by atoms with Gasteiger partial charge in [-0.25, -0.2) is 0 Å². The Labute approximate surface area is 137 Å². The molecule has 1 N–H and O–H groups in total. The molecule has 2 aliphatic heterocycles. The molecule has 124 valence electrons. The number of hydrogen-bond donors (Lipinski definition) is 1. The van der Waals surface area contributed by atoms with Gasteiger partial charge in [-0.1, -0.05) is 6.07 Å². The molecule has 1 aromatic carbocycles. The fourth-order valence-electron chi connectivity index (χ4n) is 6.15. The molecule has 1 saturated heterocycles. The number of piperidine rings is 1. The van der Waals surface area contributed by atoms with Gasteiger partial charge in [0.05, 0.1) is 12.7 Å². The van der Waals surface area contributed by atoms with Crippen LogP contribution in [0.3, 0.4) is 0 Å². The predicted molar refractivity (Wildman–Crippen MR) is 87.2 cm³/mol. The zero-order valence-electron chi connectivity index (χ0n) is 14.1. The minimum atomic E-state index is -0.768. The van der Waals surface area contributed by atoms with Gasteiger partial charge in [0.1, 0.15) is 6.10 Å². The van der Waals surface area contributed by atoms with Crippen LogP contribution in [0.4, 0.5) is 0 Å². The maximum absolute atomic E-state index is 11.1. The van der Waals surface area contributed by atoms with Gasteiger partial charge in [0.25, 0.3) is 0 Å². The summed E-state index contributed by atoms with van der Waals surface area (Å²) >= 11 is 0. The molecule has 0 aromatic heterocycles. The molecule has 0 unspecified atom stereocenters. The van der Waals surface area contributed by atoms with Crippen molar-refractivity contribution in [3.63, 3.8) is 0 Å². The molecule has 2 bridgehead atoms. The quantitative estimate of drug-likeness (QED) is 0.862. The molecule has 23 heavy (non-hydrogen) atoms. The summed E-state index contributed by atoms with van der Waals surface area (Å²) in [7, 11) is 3.96. The number of hydrogen-bond acceptors (Lipinski definition) is 4. The molecular formula is C19H25NO3. The normalized spacial score (nSPS) is 43.7. The largest absolute Gasteiger partial charge is 0.493 e. The Bertz CT molecular complexity index is 685. The number of rotatable bonds is 1. The third kappa shape index (κ3) is 1.50. The monoisotopic (exact) mass is 315 g/mol. The van der Waals surface area contributed by atoms with Crippen LogP contribution in [0, 0.1) is 5.92 Å². The fourth-order valence-corrected chi connectivity index (χ4v) is 6.15. The van der Waals surface area contributed by atoms with Gasteiger partial charge in [0, 0.05) is 17.0 Å². The van der Waals surface area contributed by atoms with E-state index in [-0.39, 0.29) is 11.5 Å². The van der Waals surface area contributed by atoms with Crippen LogP contribution in [0.2, 0.25) is 0 Å². The molecule has 1 aromatic rings. The van der Waals surface area contributed by atoms with Crippen molar-refractivity contribution >= 4 is 0 Å². The van der Waals surface area contributed by atoms with Gasteiger partial charge in [-0.2, -0.15) is 0 Å². The Morgan fingerprint density at radius 1 is 1.35 bits per heavy atom. The van der Waals surface area contributed by atoms with E-state index in [1.54, 1.807) is 7.11 Å². The van der Waals surface area contributed by atoms with Gasteiger partial charge in [0.2, 0.25) is 0 Å². The molecule has 2 fully saturated rings. The highest BCUT2D eigenvalue weighted by atomic mass is 16.5. The highest BCUT2D eigenvalue weighted by Crippen LogP contribution is 2.65. The maximum Gasteiger partial charge on any atom is 0.165 e. The van der Waals surface area contributed by atoms with E-state index in [1.807, 2.05) is 13.0 Å². The Morgan fingerprint density at radius 3 is 2.96 bits per heavy atom. The van der Waals surface area contributed by atoms with Crippen LogP contribution in [0.15, 0.2) is 12.1 Å². The molecule has 4 heteroatoms. The van der Waals surface area contributed by atoms with Gasteiger partial charge in [-0.15, -0.1) is 0 Å². The summed E-state index contributed by atoms with van der Waals surface area (Å²) in [5, 5.41) is 11.1. The summed E-state index contributed by atoms with van der Waals surface area (Å²) in [4.78, 5) is 2.53. The van der Waals surface area contributed by atoms with Crippen molar-refractivity contribution in [2.24, 2.45) is 5.92 Å². The van der Waals surface area contributed by atoms with Crippen molar-refractivity contribution in [2.75, 3.05) is 20.7 Å². The van der Waals surface area contributed by atoms with Gasteiger partial charge in [-0.05, 0) is 63.7 Å². The van der Waals surface area contributed by atoms with E-state index in [0.717, 1.165) is 43.7 Å². The van der Waals surface area contributed by atoms with Crippen LogP contribution in [0.25, 0.3) is 0 Å². The molecular weight excluding hydrogens is 290 g/mol. The summed E-state index contributed by atoms with van der Waals surface area (Å²) < 4.78 is 12.0. The van der Waals surface area contributed by atoms with E-state index in [4.69, 9.17) is 9.47 Å². The number of aliphatic hydroxyl groups is 1. The Morgan fingerprint density at radius 2 is 2.17 bits per heavy atom. The van der Waals surface area contributed by atoms with Crippen molar-refractivity contribution in [1.29, 1.82) is 0 Å². The Balaban J connectivity index is 1.81. The van der Waals surface area contributed by atoms with E-state index in [1.165, 1.54) is 11.1 Å². The van der Waals surface area contributed by atoms with E-state index in [0.29, 0.717) is 12.0 Å². The minimum Gasteiger partial charge on any atom is -0.493 e. The van der Waals surface area contributed by atoms with Crippen LogP contribution in [0.5, 0.6) is 11.5 Å². The molecule has 1 spiro atoms. The second-order valence-corrected chi connectivity index (χ2v) is 8.17.